The molecule has 0 aliphatic carbocycles. The maximum absolute atomic E-state index is 5.86. The summed E-state index contributed by atoms with van der Waals surface area (Å²) >= 11 is 5.86. The number of hydrogen-bond acceptors (Lipinski definition) is 5. The lowest BCUT2D eigenvalue weighted by atomic mass is 10.4. The summed E-state index contributed by atoms with van der Waals surface area (Å²) < 4.78 is 1.83. The molecule has 0 aromatic carbocycles. The van der Waals surface area contributed by atoms with E-state index in [2.05, 4.69) is 30.5 Å². The molecule has 0 aliphatic heterocycles. The van der Waals surface area contributed by atoms with E-state index >= 15 is 0 Å². The second-order valence-corrected chi connectivity index (χ2v) is 4.27. The van der Waals surface area contributed by atoms with Gasteiger partial charge in [-0.2, -0.15) is 15.1 Å². The average Bonchev–Trinajstić information content (AvgIpc) is 2.86. The topological polar surface area (TPSA) is 84.3 Å². The van der Waals surface area contributed by atoms with Gasteiger partial charge in [0.1, 0.15) is 5.52 Å². The Bertz CT molecular complexity index is 714. The number of anilines is 2. The Morgan fingerprint density at radius 2 is 2.22 bits per heavy atom. The minimum absolute atomic E-state index is 0.149. The summed E-state index contributed by atoms with van der Waals surface area (Å²) in [4.78, 5) is 12.4. The Morgan fingerprint density at radius 3 is 2.94 bits per heavy atom. The van der Waals surface area contributed by atoms with Crippen LogP contribution in [-0.4, -0.2) is 29.7 Å². The number of halogens is 1. The van der Waals surface area contributed by atoms with Gasteiger partial charge in [0.25, 0.3) is 0 Å². The number of aromatic nitrogens is 6. The van der Waals surface area contributed by atoms with Crippen LogP contribution in [-0.2, 0) is 7.05 Å². The van der Waals surface area contributed by atoms with Crippen molar-refractivity contribution in [2.45, 2.75) is 6.92 Å². The first kappa shape index (κ1) is 11.0. The van der Waals surface area contributed by atoms with E-state index in [1.165, 1.54) is 0 Å². The number of H-pyrrole nitrogens is 1. The number of rotatable bonds is 2. The van der Waals surface area contributed by atoms with E-state index < -0.39 is 0 Å². The molecule has 3 aromatic heterocycles. The lowest BCUT2D eigenvalue weighted by molar-refractivity contribution is 0.945. The molecule has 3 rings (SSSR count). The van der Waals surface area contributed by atoms with Gasteiger partial charge in [0, 0.05) is 18.8 Å². The first-order valence-electron chi connectivity index (χ1n) is 5.27. The highest BCUT2D eigenvalue weighted by molar-refractivity contribution is 6.28. The fourth-order valence-corrected chi connectivity index (χ4v) is 1.89. The van der Waals surface area contributed by atoms with E-state index in [-0.39, 0.29) is 5.28 Å². The summed E-state index contributed by atoms with van der Waals surface area (Å²) in [5.41, 5.74) is 2.28. The predicted molar refractivity (Wildman–Crippen MR) is 67.9 cm³/mol. The molecular weight excluding hydrogens is 254 g/mol. The standard InChI is InChI=1S/C10H10ClN7/c1-5-3-6(17-16-5)13-9-7-8(12-4-18(7)2)14-10(11)15-9/h3-4H,1-2H3,(H2,13,14,15,16,17). The summed E-state index contributed by atoms with van der Waals surface area (Å²) in [7, 11) is 1.87. The second-order valence-electron chi connectivity index (χ2n) is 3.93. The number of fused-ring (bicyclic) bond motifs is 1. The molecule has 7 nitrogen and oxygen atoms in total. The average molecular weight is 264 g/mol. The molecular formula is C10H10ClN7. The zero-order valence-electron chi connectivity index (χ0n) is 9.77. The van der Waals surface area contributed by atoms with Crippen LogP contribution in [0, 0.1) is 6.92 Å². The predicted octanol–water partition coefficient (Wildman–Crippen LogP) is 1.79. The van der Waals surface area contributed by atoms with Crippen molar-refractivity contribution in [2.75, 3.05) is 5.32 Å². The van der Waals surface area contributed by atoms with Crippen LogP contribution in [0.25, 0.3) is 11.2 Å². The summed E-state index contributed by atoms with van der Waals surface area (Å²) in [6.45, 7) is 1.92. The van der Waals surface area contributed by atoms with Crippen molar-refractivity contribution in [3.63, 3.8) is 0 Å². The highest BCUT2D eigenvalue weighted by Gasteiger charge is 2.12. The fourth-order valence-electron chi connectivity index (χ4n) is 1.72. The van der Waals surface area contributed by atoms with E-state index in [1.807, 2.05) is 24.6 Å². The molecule has 8 heteroatoms. The SMILES string of the molecule is Cc1cc(Nc2nc(Cl)nc3ncn(C)c23)n[nH]1. The number of imidazole rings is 1. The zero-order chi connectivity index (χ0) is 12.7. The Labute approximate surface area is 107 Å². The molecule has 3 aromatic rings. The highest BCUT2D eigenvalue weighted by Crippen LogP contribution is 2.23. The molecule has 0 saturated carbocycles. The molecule has 0 saturated heterocycles. The van der Waals surface area contributed by atoms with Crippen molar-refractivity contribution >= 4 is 34.4 Å². The first-order chi connectivity index (χ1) is 8.63. The minimum atomic E-state index is 0.149. The van der Waals surface area contributed by atoms with E-state index in [1.54, 1.807) is 6.33 Å². The van der Waals surface area contributed by atoms with Gasteiger partial charge < -0.3 is 9.88 Å². The molecule has 92 valence electrons. The van der Waals surface area contributed by atoms with Gasteiger partial charge >= 0.3 is 0 Å². The van der Waals surface area contributed by atoms with Gasteiger partial charge in [-0.15, -0.1) is 0 Å². The third-order valence-electron chi connectivity index (χ3n) is 2.50. The lowest BCUT2D eigenvalue weighted by Crippen LogP contribution is -1.99. The highest BCUT2D eigenvalue weighted by atomic mass is 35.5. The minimum Gasteiger partial charge on any atom is -0.329 e. The van der Waals surface area contributed by atoms with Crippen LogP contribution in [0.15, 0.2) is 12.4 Å². The van der Waals surface area contributed by atoms with Gasteiger partial charge in [-0.25, -0.2) is 4.98 Å². The Morgan fingerprint density at radius 1 is 1.39 bits per heavy atom. The van der Waals surface area contributed by atoms with Crippen LogP contribution in [0.3, 0.4) is 0 Å². The van der Waals surface area contributed by atoms with E-state index in [9.17, 15) is 0 Å². The molecule has 3 heterocycles. The number of hydrogen-bond donors (Lipinski definition) is 2. The van der Waals surface area contributed by atoms with Gasteiger partial charge in [-0.05, 0) is 18.5 Å². The Kier molecular flexibility index (Phi) is 2.41. The maximum Gasteiger partial charge on any atom is 0.226 e. The fraction of sp³-hybridized carbons (Fsp3) is 0.200. The Hall–Kier alpha value is -2.15. The number of nitrogens with zero attached hydrogens (tertiary/aromatic N) is 5. The van der Waals surface area contributed by atoms with Crippen LogP contribution in [0.2, 0.25) is 5.28 Å². The van der Waals surface area contributed by atoms with Crippen LogP contribution < -0.4 is 5.32 Å². The van der Waals surface area contributed by atoms with Crippen molar-refractivity contribution in [3.8, 4) is 0 Å². The third kappa shape index (κ3) is 1.78. The maximum atomic E-state index is 5.86. The molecule has 0 atom stereocenters. The monoisotopic (exact) mass is 263 g/mol. The largest absolute Gasteiger partial charge is 0.329 e. The van der Waals surface area contributed by atoms with Crippen LogP contribution in [0.1, 0.15) is 5.69 Å². The smallest absolute Gasteiger partial charge is 0.226 e. The lowest BCUT2D eigenvalue weighted by Gasteiger charge is -2.04. The summed E-state index contributed by atoms with van der Waals surface area (Å²) in [5.74, 6) is 1.25. The first-order valence-corrected chi connectivity index (χ1v) is 5.65. The van der Waals surface area contributed by atoms with E-state index in [4.69, 9.17) is 11.6 Å². The van der Waals surface area contributed by atoms with Gasteiger partial charge in [0.2, 0.25) is 5.28 Å². The van der Waals surface area contributed by atoms with Crippen molar-refractivity contribution in [2.24, 2.45) is 7.05 Å². The van der Waals surface area contributed by atoms with Gasteiger partial charge in [0.05, 0.1) is 6.33 Å². The quantitative estimate of drug-likeness (QED) is 0.689. The van der Waals surface area contributed by atoms with Crippen LogP contribution in [0.4, 0.5) is 11.6 Å². The molecule has 0 unspecified atom stereocenters. The van der Waals surface area contributed by atoms with E-state index in [0.29, 0.717) is 17.3 Å². The second kappa shape index (κ2) is 3.95. The van der Waals surface area contributed by atoms with Gasteiger partial charge in [-0.3, -0.25) is 5.10 Å². The molecule has 0 fully saturated rings. The van der Waals surface area contributed by atoms with Crippen molar-refractivity contribution < 1.29 is 0 Å². The van der Waals surface area contributed by atoms with Crippen molar-refractivity contribution in [3.05, 3.63) is 23.4 Å². The van der Waals surface area contributed by atoms with Crippen LogP contribution in [0.5, 0.6) is 0 Å². The van der Waals surface area contributed by atoms with E-state index in [0.717, 1.165) is 11.2 Å². The number of aromatic amines is 1. The zero-order valence-corrected chi connectivity index (χ0v) is 10.5. The summed E-state index contributed by atoms with van der Waals surface area (Å²) in [6, 6.07) is 1.87. The summed E-state index contributed by atoms with van der Waals surface area (Å²) in [6.07, 6.45) is 1.66. The van der Waals surface area contributed by atoms with Crippen molar-refractivity contribution in [1.82, 2.24) is 29.7 Å². The van der Waals surface area contributed by atoms with Crippen LogP contribution >= 0.6 is 11.6 Å². The normalized spacial score (nSPS) is 11.1. The molecule has 18 heavy (non-hydrogen) atoms. The molecule has 0 aliphatic rings. The summed E-state index contributed by atoms with van der Waals surface area (Å²) in [5, 5.41) is 10.2. The molecule has 0 radical (unpaired) electrons. The molecule has 0 amide bonds. The van der Waals surface area contributed by atoms with Crippen molar-refractivity contribution in [1.29, 1.82) is 0 Å². The molecule has 0 bridgehead atoms. The Balaban J connectivity index is 2.12. The molecule has 2 N–H and O–H groups in total. The number of nitrogens with one attached hydrogen (secondary N) is 2. The van der Waals surface area contributed by atoms with Gasteiger partial charge in [0.15, 0.2) is 17.3 Å². The van der Waals surface area contributed by atoms with Gasteiger partial charge in [-0.1, -0.05) is 0 Å². The number of aryl methyl sites for hydroxylation is 2. The molecule has 0 spiro atoms. The third-order valence-corrected chi connectivity index (χ3v) is 2.67.